The van der Waals surface area contributed by atoms with Gasteiger partial charge in [0.15, 0.2) is 0 Å². The molecule has 2 saturated carbocycles. The van der Waals surface area contributed by atoms with E-state index >= 15 is 0 Å². The zero-order valence-electron chi connectivity index (χ0n) is 16.5. The average Bonchev–Trinajstić information content (AvgIpc) is 2.67. The molecule has 4 rings (SSSR count). The van der Waals surface area contributed by atoms with E-state index in [9.17, 15) is 8.78 Å². The van der Waals surface area contributed by atoms with Crippen molar-refractivity contribution in [2.24, 2.45) is 17.8 Å². The molecular weight excluding hydrogens is 338 g/mol. The van der Waals surface area contributed by atoms with Crippen molar-refractivity contribution in [3.63, 3.8) is 0 Å². The van der Waals surface area contributed by atoms with Crippen LogP contribution in [0.4, 0.5) is 8.78 Å². The monoisotopic (exact) mass is 368 g/mol. The Morgan fingerprint density at radius 2 is 1.48 bits per heavy atom. The molecule has 2 aliphatic carbocycles. The summed E-state index contributed by atoms with van der Waals surface area (Å²) in [6, 6.07) is 10.8. The third kappa shape index (κ3) is 3.81. The molecule has 2 aromatic carbocycles. The summed E-state index contributed by atoms with van der Waals surface area (Å²) in [5, 5.41) is 0. The normalized spacial score (nSPS) is 28.0. The van der Waals surface area contributed by atoms with Gasteiger partial charge in [-0.1, -0.05) is 44.5 Å². The first-order valence-electron chi connectivity index (χ1n) is 10.6. The first kappa shape index (κ1) is 18.7. The van der Waals surface area contributed by atoms with Crippen molar-refractivity contribution < 1.29 is 8.78 Å². The predicted molar refractivity (Wildman–Crippen MR) is 108 cm³/mol. The van der Waals surface area contributed by atoms with Crippen LogP contribution < -0.4 is 0 Å². The fraction of sp³-hybridized carbons (Fsp3) is 0.520. The average molecular weight is 369 g/mol. The van der Waals surface area contributed by atoms with Crippen molar-refractivity contribution in [1.29, 1.82) is 0 Å². The maximum absolute atomic E-state index is 14.9. The molecule has 4 unspecified atom stereocenters. The van der Waals surface area contributed by atoms with Crippen LogP contribution in [0.25, 0.3) is 11.1 Å². The SMILES string of the molecule is CCc1ccc(-c2c(F)cc(C3CCC4CC(C)CCC4C3)cc2F)cc1. The molecule has 4 atom stereocenters. The highest BCUT2D eigenvalue weighted by Gasteiger charge is 2.35. The Morgan fingerprint density at radius 3 is 2.15 bits per heavy atom. The van der Waals surface area contributed by atoms with Gasteiger partial charge < -0.3 is 0 Å². The molecule has 0 radical (unpaired) electrons. The molecule has 0 spiro atoms. The van der Waals surface area contributed by atoms with Crippen LogP contribution in [0.3, 0.4) is 0 Å². The first-order valence-corrected chi connectivity index (χ1v) is 10.6. The second kappa shape index (κ2) is 7.73. The quantitative estimate of drug-likeness (QED) is 0.526. The van der Waals surface area contributed by atoms with Crippen molar-refractivity contribution in [1.82, 2.24) is 0 Å². The molecule has 0 heterocycles. The minimum absolute atomic E-state index is 0.113. The number of rotatable bonds is 3. The van der Waals surface area contributed by atoms with Crippen LogP contribution in [0.1, 0.15) is 69.4 Å². The minimum atomic E-state index is -0.423. The third-order valence-corrected chi connectivity index (χ3v) is 7.06. The molecule has 0 nitrogen and oxygen atoms in total. The molecular formula is C25H30F2. The molecule has 0 aromatic heterocycles. The summed E-state index contributed by atoms with van der Waals surface area (Å²) in [6.45, 7) is 4.44. The highest BCUT2D eigenvalue weighted by atomic mass is 19.1. The van der Waals surface area contributed by atoms with Crippen molar-refractivity contribution in [3.05, 3.63) is 59.2 Å². The second-order valence-electron chi connectivity index (χ2n) is 8.86. The number of halogens is 2. The van der Waals surface area contributed by atoms with Crippen LogP contribution in [0.15, 0.2) is 36.4 Å². The van der Waals surface area contributed by atoms with Gasteiger partial charge >= 0.3 is 0 Å². The fourth-order valence-electron chi connectivity index (χ4n) is 5.44. The lowest BCUT2D eigenvalue weighted by atomic mass is 9.64. The molecule has 144 valence electrons. The van der Waals surface area contributed by atoms with E-state index in [1.54, 1.807) is 12.1 Å². The van der Waals surface area contributed by atoms with Crippen LogP contribution in [-0.2, 0) is 6.42 Å². The van der Waals surface area contributed by atoms with Gasteiger partial charge in [0, 0.05) is 0 Å². The topological polar surface area (TPSA) is 0 Å². The fourth-order valence-corrected chi connectivity index (χ4v) is 5.44. The van der Waals surface area contributed by atoms with Gasteiger partial charge in [-0.05, 0) is 91.0 Å². The summed E-state index contributed by atoms with van der Waals surface area (Å²) in [7, 11) is 0. The maximum Gasteiger partial charge on any atom is 0.134 e. The molecule has 0 bridgehead atoms. The van der Waals surface area contributed by atoms with Crippen LogP contribution in [0, 0.1) is 29.4 Å². The Balaban J connectivity index is 1.56. The molecule has 2 aromatic rings. The van der Waals surface area contributed by atoms with Crippen molar-refractivity contribution >= 4 is 0 Å². The van der Waals surface area contributed by atoms with Gasteiger partial charge in [-0.3, -0.25) is 0 Å². The summed E-state index contributed by atoms with van der Waals surface area (Å²) in [5.74, 6) is 1.88. The van der Waals surface area contributed by atoms with E-state index in [-0.39, 0.29) is 5.56 Å². The highest BCUT2D eigenvalue weighted by molar-refractivity contribution is 5.65. The number of aryl methyl sites for hydroxylation is 1. The number of hydrogen-bond donors (Lipinski definition) is 0. The van der Waals surface area contributed by atoms with E-state index in [1.165, 1.54) is 31.2 Å². The van der Waals surface area contributed by atoms with Gasteiger partial charge in [-0.15, -0.1) is 0 Å². The van der Waals surface area contributed by atoms with Gasteiger partial charge in [0.25, 0.3) is 0 Å². The number of benzene rings is 2. The molecule has 0 saturated heterocycles. The largest absolute Gasteiger partial charge is 0.206 e. The summed E-state index contributed by atoms with van der Waals surface area (Å²) in [6.07, 6.45) is 8.24. The van der Waals surface area contributed by atoms with Gasteiger partial charge in [-0.25, -0.2) is 8.78 Å². The molecule has 2 heteroatoms. The minimum Gasteiger partial charge on any atom is -0.206 e. The second-order valence-corrected chi connectivity index (χ2v) is 8.86. The highest BCUT2D eigenvalue weighted by Crippen LogP contribution is 2.48. The van der Waals surface area contributed by atoms with E-state index in [1.807, 2.05) is 24.3 Å². The van der Waals surface area contributed by atoms with E-state index in [0.717, 1.165) is 42.6 Å². The third-order valence-electron chi connectivity index (χ3n) is 7.06. The standard InChI is InChI=1S/C25H30F2/c1-3-17-5-8-18(9-6-17)25-23(26)14-22(15-24(25)27)21-11-10-19-12-16(2)4-7-20(19)13-21/h5-6,8-9,14-16,19-21H,3-4,7,10-13H2,1-2H3. The van der Waals surface area contributed by atoms with Crippen LogP contribution in [0.2, 0.25) is 0 Å². The lowest BCUT2D eigenvalue weighted by Gasteiger charge is -2.41. The van der Waals surface area contributed by atoms with Crippen LogP contribution in [0.5, 0.6) is 0 Å². The summed E-state index contributed by atoms with van der Waals surface area (Å²) in [5.41, 5.74) is 2.77. The van der Waals surface area contributed by atoms with Gasteiger partial charge in [0.05, 0.1) is 5.56 Å². The van der Waals surface area contributed by atoms with E-state index in [0.29, 0.717) is 11.5 Å². The molecule has 0 amide bonds. The lowest BCUT2D eigenvalue weighted by Crippen LogP contribution is -2.29. The molecule has 27 heavy (non-hydrogen) atoms. The lowest BCUT2D eigenvalue weighted by molar-refractivity contribution is 0.124. The van der Waals surface area contributed by atoms with Crippen molar-refractivity contribution in [2.45, 2.75) is 64.7 Å². The smallest absolute Gasteiger partial charge is 0.134 e. The summed E-state index contributed by atoms with van der Waals surface area (Å²) in [4.78, 5) is 0. The van der Waals surface area contributed by atoms with Gasteiger partial charge in [-0.2, -0.15) is 0 Å². The summed E-state index contributed by atoms with van der Waals surface area (Å²) < 4.78 is 29.8. The van der Waals surface area contributed by atoms with E-state index in [4.69, 9.17) is 0 Å². The zero-order chi connectivity index (χ0) is 19.0. The Kier molecular flexibility index (Phi) is 5.34. The van der Waals surface area contributed by atoms with E-state index in [2.05, 4.69) is 13.8 Å². The molecule has 0 aliphatic heterocycles. The van der Waals surface area contributed by atoms with Crippen LogP contribution >= 0.6 is 0 Å². The predicted octanol–water partition coefficient (Wildman–Crippen LogP) is 7.51. The Hall–Kier alpha value is -1.70. The Bertz CT molecular complexity index is 769. The molecule has 0 N–H and O–H groups in total. The molecule has 2 aliphatic rings. The van der Waals surface area contributed by atoms with Gasteiger partial charge in [0.1, 0.15) is 11.6 Å². The van der Waals surface area contributed by atoms with Crippen molar-refractivity contribution in [3.8, 4) is 11.1 Å². The number of fused-ring (bicyclic) bond motifs is 1. The first-order chi connectivity index (χ1) is 13.0. The maximum atomic E-state index is 14.9. The van der Waals surface area contributed by atoms with Gasteiger partial charge in [0.2, 0.25) is 0 Å². The van der Waals surface area contributed by atoms with Crippen molar-refractivity contribution in [2.75, 3.05) is 0 Å². The zero-order valence-corrected chi connectivity index (χ0v) is 16.5. The van der Waals surface area contributed by atoms with E-state index < -0.39 is 11.6 Å². The Morgan fingerprint density at radius 1 is 0.852 bits per heavy atom. The Labute approximate surface area is 162 Å². The summed E-state index contributed by atoms with van der Waals surface area (Å²) >= 11 is 0. The number of hydrogen-bond acceptors (Lipinski definition) is 0. The van der Waals surface area contributed by atoms with Crippen LogP contribution in [-0.4, -0.2) is 0 Å². The molecule has 2 fully saturated rings.